The van der Waals surface area contributed by atoms with E-state index in [1.165, 1.54) is 10.9 Å². The molecule has 8 heteroatoms. The zero-order valence-corrected chi connectivity index (χ0v) is 13.9. The number of para-hydroxylation sites is 1. The summed E-state index contributed by atoms with van der Waals surface area (Å²) in [5.74, 6) is -0.512. The predicted octanol–water partition coefficient (Wildman–Crippen LogP) is 2.27. The summed E-state index contributed by atoms with van der Waals surface area (Å²) in [5.41, 5.74) is 3.66. The summed E-state index contributed by atoms with van der Waals surface area (Å²) in [6.07, 6.45) is 1.39. The predicted molar refractivity (Wildman–Crippen MR) is 92.8 cm³/mol. The maximum Gasteiger partial charge on any atom is 0.419 e. The highest BCUT2D eigenvalue weighted by Crippen LogP contribution is 2.26. The Balaban J connectivity index is 1.82. The molecule has 0 radical (unpaired) electrons. The number of carbonyl (C=O) groups excluding carboxylic acids is 1. The average Bonchev–Trinajstić information content (AvgIpc) is 3.05. The van der Waals surface area contributed by atoms with Crippen LogP contribution in [0.5, 0.6) is 0 Å². The quantitative estimate of drug-likeness (QED) is 0.584. The summed E-state index contributed by atoms with van der Waals surface area (Å²) in [6.45, 7) is 3.87. The third-order valence-corrected chi connectivity index (χ3v) is 4.39. The maximum atomic E-state index is 12.8. The van der Waals surface area contributed by atoms with Crippen molar-refractivity contribution in [1.82, 2.24) is 19.5 Å². The van der Waals surface area contributed by atoms with Crippen LogP contribution in [-0.4, -0.2) is 25.4 Å². The van der Waals surface area contributed by atoms with Crippen molar-refractivity contribution in [3.63, 3.8) is 0 Å². The summed E-state index contributed by atoms with van der Waals surface area (Å²) >= 11 is 0. The molecule has 1 aromatic carbocycles. The molecule has 0 bridgehead atoms. The minimum atomic E-state index is -0.517. The third-order valence-electron chi connectivity index (χ3n) is 4.39. The molecule has 0 atom stereocenters. The van der Waals surface area contributed by atoms with Crippen LogP contribution in [0.1, 0.15) is 21.6 Å². The fourth-order valence-electron chi connectivity index (χ4n) is 2.89. The molecule has 0 saturated carbocycles. The Hall–Kier alpha value is -3.42. The minimum absolute atomic E-state index is 0.250. The molecule has 4 aromatic rings. The van der Waals surface area contributed by atoms with Crippen LogP contribution in [0.4, 0.5) is 5.82 Å². The number of aromatic nitrogens is 4. The average molecular weight is 337 g/mol. The van der Waals surface area contributed by atoms with Gasteiger partial charge in [-0.2, -0.15) is 0 Å². The second-order valence-corrected chi connectivity index (χ2v) is 5.86. The molecule has 0 fully saturated rings. The van der Waals surface area contributed by atoms with Crippen LogP contribution in [0, 0.1) is 13.8 Å². The lowest BCUT2D eigenvalue weighted by molar-refractivity contribution is 0.102. The number of oxazole rings is 1. The standard InChI is InChI=1S/C17H15N5O3/c1-8-9(2)20-14-12(8)15(19-7-18-14)21-16(23)10-5-4-6-11-13(10)25-17(24)22(11)3/h4-7H,1-3H3,(H2,18,19,20,21,23). The highest BCUT2D eigenvalue weighted by atomic mass is 16.4. The SMILES string of the molecule is Cc1[nH]c2ncnc(NC(=O)c3cccc4c3oc(=O)n4C)c2c1C. The van der Waals surface area contributed by atoms with E-state index in [0.29, 0.717) is 17.0 Å². The summed E-state index contributed by atoms with van der Waals surface area (Å²) in [4.78, 5) is 36.0. The fourth-order valence-corrected chi connectivity index (χ4v) is 2.89. The first-order valence-corrected chi connectivity index (χ1v) is 7.67. The van der Waals surface area contributed by atoms with Gasteiger partial charge in [-0.1, -0.05) is 6.07 Å². The van der Waals surface area contributed by atoms with Crippen molar-refractivity contribution < 1.29 is 9.21 Å². The lowest BCUT2D eigenvalue weighted by atomic mass is 10.1. The van der Waals surface area contributed by atoms with Gasteiger partial charge in [-0.15, -0.1) is 0 Å². The number of aromatic amines is 1. The van der Waals surface area contributed by atoms with Gasteiger partial charge in [0.2, 0.25) is 0 Å². The zero-order chi connectivity index (χ0) is 17.7. The topological polar surface area (TPSA) is 106 Å². The van der Waals surface area contributed by atoms with Gasteiger partial charge in [0.25, 0.3) is 5.91 Å². The second-order valence-electron chi connectivity index (χ2n) is 5.86. The van der Waals surface area contributed by atoms with Crippen molar-refractivity contribution in [3.05, 3.63) is 51.9 Å². The second kappa shape index (κ2) is 5.30. The highest BCUT2D eigenvalue weighted by Gasteiger charge is 2.19. The first-order chi connectivity index (χ1) is 12.0. The van der Waals surface area contributed by atoms with Crippen molar-refractivity contribution in [3.8, 4) is 0 Å². The molecular weight excluding hydrogens is 322 g/mol. The summed E-state index contributed by atoms with van der Waals surface area (Å²) < 4.78 is 6.57. The van der Waals surface area contributed by atoms with E-state index < -0.39 is 11.7 Å². The molecule has 4 rings (SSSR count). The summed E-state index contributed by atoms with van der Waals surface area (Å²) in [6, 6.07) is 5.03. The molecule has 0 spiro atoms. The van der Waals surface area contributed by atoms with Gasteiger partial charge in [0.05, 0.1) is 16.5 Å². The largest absolute Gasteiger partial charge is 0.419 e. The Bertz CT molecular complexity index is 1200. The number of benzene rings is 1. The molecule has 25 heavy (non-hydrogen) atoms. The summed E-state index contributed by atoms with van der Waals surface area (Å²) in [7, 11) is 1.59. The van der Waals surface area contributed by atoms with Gasteiger partial charge < -0.3 is 14.7 Å². The van der Waals surface area contributed by atoms with Crippen LogP contribution in [-0.2, 0) is 7.05 Å². The number of hydrogen-bond donors (Lipinski definition) is 2. The van der Waals surface area contributed by atoms with E-state index in [4.69, 9.17) is 4.42 Å². The van der Waals surface area contributed by atoms with Crippen LogP contribution >= 0.6 is 0 Å². The maximum absolute atomic E-state index is 12.8. The smallest absolute Gasteiger partial charge is 0.407 e. The van der Waals surface area contributed by atoms with Gasteiger partial charge in [0.1, 0.15) is 17.8 Å². The number of anilines is 1. The van der Waals surface area contributed by atoms with Crippen LogP contribution in [0.3, 0.4) is 0 Å². The van der Waals surface area contributed by atoms with Gasteiger partial charge in [0.15, 0.2) is 5.58 Å². The lowest BCUT2D eigenvalue weighted by Crippen LogP contribution is -2.13. The Morgan fingerprint density at radius 1 is 1.28 bits per heavy atom. The Labute approximate surface area is 141 Å². The van der Waals surface area contributed by atoms with E-state index in [0.717, 1.165) is 16.6 Å². The molecule has 3 heterocycles. The van der Waals surface area contributed by atoms with Crippen LogP contribution in [0.25, 0.3) is 22.1 Å². The number of H-pyrrole nitrogens is 1. The first kappa shape index (κ1) is 15.1. The Morgan fingerprint density at radius 2 is 2.08 bits per heavy atom. The van der Waals surface area contributed by atoms with E-state index in [1.807, 2.05) is 13.8 Å². The van der Waals surface area contributed by atoms with Gasteiger partial charge in [0, 0.05) is 12.7 Å². The Morgan fingerprint density at radius 3 is 2.88 bits per heavy atom. The molecule has 0 unspecified atom stereocenters. The van der Waals surface area contributed by atoms with E-state index in [9.17, 15) is 9.59 Å². The number of nitrogens with one attached hydrogen (secondary N) is 2. The van der Waals surface area contributed by atoms with Gasteiger partial charge in [-0.25, -0.2) is 14.8 Å². The molecular formula is C17H15N5O3. The molecule has 8 nitrogen and oxygen atoms in total. The van der Waals surface area contributed by atoms with Gasteiger partial charge in [-0.3, -0.25) is 9.36 Å². The normalized spacial score (nSPS) is 11.3. The Kier molecular flexibility index (Phi) is 3.21. The van der Waals surface area contributed by atoms with Crippen molar-refractivity contribution in [2.24, 2.45) is 7.05 Å². The van der Waals surface area contributed by atoms with E-state index in [2.05, 4.69) is 20.3 Å². The van der Waals surface area contributed by atoms with E-state index in [-0.39, 0.29) is 11.1 Å². The van der Waals surface area contributed by atoms with Gasteiger partial charge >= 0.3 is 5.76 Å². The van der Waals surface area contributed by atoms with E-state index in [1.54, 1.807) is 25.2 Å². The van der Waals surface area contributed by atoms with Crippen LogP contribution in [0.15, 0.2) is 33.7 Å². The van der Waals surface area contributed by atoms with Gasteiger partial charge in [-0.05, 0) is 31.5 Å². The lowest BCUT2D eigenvalue weighted by Gasteiger charge is -2.06. The van der Waals surface area contributed by atoms with Crippen molar-refractivity contribution in [2.75, 3.05) is 5.32 Å². The fraction of sp³-hybridized carbons (Fsp3) is 0.176. The molecule has 3 aromatic heterocycles. The number of carbonyl (C=O) groups is 1. The molecule has 1 amide bonds. The molecule has 126 valence electrons. The third kappa shape index (κ3) is 2.22. The monoisotopic (exact) mass is 337 g/mol. The van der Waals surface area contributed by atoms with E-state index >= 15 is 0 Å². The van der Waals surface area contributed by atoms with Crippen molar-refractivity contribution in [1.29, 1.82) is 0 Å². The van der Waals surface area contributed by atoms with Crippen LogP contribution in [0.2, 0.25) is 0 Å². The first-order valence-electron chi connectivity index (χ1n) is 7.67. The minimum Gasteiger partial charge on any atom is -0.407 e. The molecule has 0 saturated heterocycles. The molecule has 0 aliphatic rings. The molecule has 0 aliphatic carbocycles. The van der Waals surface area contributed by atoms with Crippen molar-refractivity contribution in [2.45, 2.75) is 13.8 Å². The summed E-state index contributed by atoms with van der Waals surface area (Å²) in [5, 5.41) is 3.55. The highest BCUT2D eigenvalue weighted by molar-refractivity contribution is 6.13. The van der Waals surface area contributed by atoms with Crippen LogP contribution < -0.4 is 11.1 Å². The number of fused-ring (bicyclic) bond motifs is 2. The number of aryl methyl sites for hydroxylation is 3. The molecule has 2 N–H and O–H groups in total. The van der Waals surface area contributed by atoms with Crippen molar-refractivity contribution >= 4 is 33.9 Å². The number of rotatable bonds is 2. The number of hydrogen-bond acceptors (Lipinski definition) is 5. The zero-order valence-electron chi connectivity index (χ0n) is 13.9. The number of amides is 1. The number of nitrogens with zero attached hydrogens (tertiary/aromatic N) is 3. The molecule has 0 aliphatic heterocycles.